The van der Waals surface area contributed by atoms with Gasteiger partial charge in [-0.05, 0) is 19.9 Å². The van der Waals surface area contributed by atoms with E-state index in [2.05, 4.69) is 4.72 Å². The van der Waals surface area contributed by atoms with Crippen LogP contribution in [0.1, 0.15) is 32.1 Å². The Kier molecular flexibility index (Phi) is 4.04. The maximum atomic E-state index is 10.9. The molecule has 1 atom stereocenters. The summed E-state index contributed by atoms with van der Waals surface area (Å²) in [6.07, 6.45) is 6.07. The lowest BCUT2D eigenvalue weighted by Crippen LogP contribution is -2.23. The molecule has 0 amide bonds. The fourth-order valence-electron chi connectivity index (χ4n) is 1.33. The van der Waals surface area contributed by atoms with Gasteiger partial charge >= 0.3 is 0 Å². The predicted octanol–water partition coefficient (Wildman–Crippen LogP) is 1.13. The van der Waals surface area contributed by atoms with E-state index in [9.17, 15) is 4.21 Å². The molecule has 66 valence electrons. The molecule has 3 nitrogen and oxygen atoms in total. The van der Waals surface area contributed by atoms with E-state index in [1.807, 2.05) is 0 Å². The lowest BCUT2D eigenvalue weighted by molar-refractivity contribution is 0.172. The highest BCUT2D eigenvalue weighted by molar-refractivity contribution is 7.78. The monoisotopic (exact) mass is 177 g/mol. The van der Waals surface area contributed by atoms with Gasteiger partial charge in [0.25, 0.3) is 0 Å². The van der Waals surface area contributed by atoms with Crippen LogP contribution in [0.25, 0.3) is 0 Å². The van der Waals surface area contributed by atoms with Crippen molar-refractivity contribution in [1.82, 2.24) is 4.72 Å². The zero-order valence-corrected chi connectivity index (χ0v) is 7.65. The van der Waals surface area contributed by atoms with Gasteiger partial charge < -0.3 is 0 Å². The molecule has 0 heterocycles. The molecule has 11 heavy (non-hydrogen) atoms. The summed E-state index contributed by atoms with van der Waals surface area (Å²) < 4.78 is 18.6. The molecule has 1 unspecified atom stereocenters. The summed E-state index contributed by atoms with van der Waals surface area (Å²) in [5.41, 5.74) is 0. The minimum absolute atomic E-state index is 0.219. The fraction of sp³-hybridized carbons (Fsp3) is 1.00. The van der Waals surface area contributed by atoms with Gasteiger partial charge in [0.2, 0.25) is 11.3 Å². The van der Waals surface area contributed by atoms with E-state index in [1.165, 1.54) is 19.3 Å². The van der Waals surface area contributed by atoms with Crippen molar-refractivity contribution in [2.24, 2.45) is 0 Å². The van der Waals surface area contributed by atoms with Crippen LogP contribution >= 0.6 is 0 Å². The summed E-state index contributed by atoms with van der Waals surface area (Å²) in [6.45, 7) is 0. The first-order chi connectivity index (χ1) is 5.33. The van der Waals surface area contributed by atoms with Gasteiger partial charge in [-0.25, -0.2) is 8.93 Å². The molecule has 0 bridgehead atoms. The lowest BCUT2D eigenvalue weighted by atomic mass is 9.98. The smallest absolute Gasteiger partial charge is 0.234 e. The summed E-state index contributed by atoms with van der Waals surface area (Å²) in [5.74, 6) is 0. The van der Waals surface area contributed by atoms with Crippen LogP contribution in [0, 0.1) is 0 Å². The Labute approximate surface area is 70.3 Å². The summed E-state index contributed by atoms with van der Waals surface area (Å²) in [4.78, 5) is 0. The van der Waals surface area contributed by atoms with E-state index in [0.29, 0.717) is 0 Å². The number of hydrogen-bond acceptors (Lipinski definition) is 2. The third kappa shape index (κ3) is 3.31. The maximum absolute atomic E-state index is 10.9. The van der Waals surface area contributed by atoms with Gasteiger partial charge in [-0.15, -0.1) is 0 Å². The molecular weight excluding hydrogens is 162 g/mol. The molecule has 0 aliphatic heterocycles. The first-order valence-electron chi connectivity index (χ1n) is 4.09. The van der Waals surface area contributed by atoms with Crippen molar-refractivity contribution in [2.75, 3.05) is 7.05 Å². The lowest BCUT2D eigenvalue weighted by Gasteiger charge is -2.20. The molecule has 0 saturated heterocycles. The van der Waals surface area contributed by atoms with Crippen LogP contribution in [-0.2, 0) is 15.4 Å². The van der Waals surface area contributed by atoms with Crippen LogP contribution in [0.2, 0.25) is 0 Å². The Balaban J connectivity index is 2.19. The molecule has 1 fully saturated rings. The van der Waals surface area contributed by atoms with Crippen molar-refractivity contribution in [3.63, 3.8) is 0 Å². The SMILES string of the molecule is CNS(=O)OC1CCCCC1. The van der Waals surface area contributed by atoms with Gasteiger partial charge in [0.15, 0.2) is 0 Å². The van der Waals surface area contributed by atoms with Crippen molar-refractivity contribution >= 4 is 11.3 Å². The van der Waals surface area contributed by atoms with Crippen LogP contribution in [0.15, 0.2) is 0 Å². The number of rotatable bonds is 3. The molecule has 1 N–H and O–H groups in total. The zero-order valence-electron chi connectivity index (χ0n) is 6.84. The van der Waals surface area contributed by atoms with Gasteiger partial charge in [0.1, 0.15) is 0 Å². The predicted molar refractivity (Wildman–Crippen MR) is 45.2 cm³/mol. The highest BCUT2D eigenvalue weighted by Crippen LogP contribution is 2.20. The van der Waals surface area contributed by atoms with E-state index in [-0.39, 0.29) is 6.10 Å². The summed E-state index contributed by atoms with van der Waals surface area (Å²) in [5, 5.41) is 0. The van der Waals surface area contributed by atoms with E-state index in [0.717, 1.165) is 12.8 Å². The first-order valence-corrected chi connectivity index (χ1v) is 5.16. The molecule has 1 rings (SSSR count). The van der Waals surface area contributed by atoms with E-state index >= 15 is 0 Å². The molecule has 4 heteroatoms. The second-order valence-corrected chi connectivity index (χ2v) is 3.87. The Hall–Kier alpha value is 0.0700. The van der Waals surface area contributed by atoms with Crippen LogP contribution in [0.4, 0.5) is 0 Å². The van der Waals surface area contributed by atoms with Crippen LogP contribution < -0.4 is 4.72 Å². The average molecular weight is 177 g/mol. The summed E-state index contributed by atoms with van der Waals surface area (Å²) in [7, 11) is 1.64. The summed E-state index contributed by atoms with van der Waals surface area (Å²) >= 11 is -1.27. The van der Waals surface area contributed by atoms with Crippen molar-refractivity contribution in [3.8, 4) is 0 Å². The third-order valence-electron chi connectivity index (χ3n) is 1.94. The molecule has 0 spiro atoms. The molecular formula is C7H15NO2S. The van der Waals surface area contributed by atoms with Crippen molar-refractivity contribution < 1.29 is 8.39 Å². The Morgan fingerprint density at radius 2 is 2.00 bits per heavy atom. The van der Waals surface area contributed by atoms with Gasteiger partial charge in [0.05, 0.1) is 6.10 Å². The van der Waals surface area contributed by atoms with E-state index in [1.54, 1.807) is 7.05 Å². The van der Waals surface area contributed by atoms with Gasteiger partial charge in [0, 0.05) is 0 Å². The highest BCUT2D eigenvalue weighted by Gasteiger charge is 2.15. The Morgan fingerprint density at radius 1 is 1.36 bits per heavy atom. The molecule has 0 radical (unpaired) electrons. The quantitative estimate of drug-likeness (QED) is 0.702. The molecule has 1 aliphatic carbocycles. The number of hydrogen-bond donors (Lipinski definition) is 1. The standard InChI is InChI=1S/C7H15NO2S/c1-8-11(9)10-7-5-3-2-4-6-7/h7-8H,2-6H2,1H3. The van der Waals surface area contributed by atoms with E-state index < -0.39 is 11.3 Å². The van der Waals surface area contributed by atoms with Crippen LogP contribution in [0.3, 0.4) is 0 Å². The van der Waals surface area contributed by atoms with Crippen LogP contribution in [0.5, 0.6) is 0 Å². The molecule has 1 saturated carbocycles. The minimum Gasteiger partial charge on any atom is -0.275 e. The fourth-order valence-corrected chi connectivity index (χ4v) is 1.87. The second-order valence-electron chi connectivity index (χ2n) is 2.80. The van der Waals surface area contributed by atoms with Crippen LogP contribution in [-0.4, -0.2) is 17.4 Å². The Morgan fingerprint density at radius 3 is 2.55 bits per heavy atom. The third-order valence-corrected chi connectivity index (χ3v) is 2.72. The first kappa shape index (κ1) is 9.16. The summed E-state index contributed by atoms with van der Waals surface area (Å²) in [6, 6.07) is 0. The second kappa shape index (κ2) is 4.85. The average Bonchev–Trinajstić information content (AvgIpc) is 2.06. The van der Waals surface area contributed by atoms with Gasteiger partial charge in [-0.2, -0.15) is 0 Å². The molecule has 0 aromatic rings. The molecule has 0 aromatic heterocycles. The number of nitrogens with one attached hydrogen (secondary N) is 1. The van der Waals surface area contributed by atoms with Gasteiger partial charge in [-0.3, -0.25) is 4.18 Å². The highest BCUT2D eigenvalue weighted by atomic mass is 32.2. The zero-order chi connectivity index (χ0) is 8.10. The largest absolute Gasteiger partial charge is 0.275 e. The normalized spacial score (nSPS) is 23.4. The minimum atomic E-state index is -1.27. The van der Waals surface area contributed by atoms with Crippen molar-refractivity contribution in [2.45, 2.75) is 38.2 Å². The maximum Gasteiger partial charge on any atom is 0.234 e. The Bertz CT molecular complexity index is 134. The van der Waals surface area contributed by atoms with Crippen molar-refractivity contribution in [1.29, 1.82) is 0 Å². The van der Waals surface area contributed by atoms with Crippen molar-refractivity contribution in [3.05, 3.63) is 0 Å². The van der Waals surface area contributed by atoms with Gasteiger partial charge in [-0.1, -0.05) is 19.3 Å². The molecule has 0 aromatic carbocycles. The van der Waals surface area contributed by atoms with E-state index in [4.69, 9.17) is 4.18 Å². The topological polar surface area (TPSA) is 38.3 Å². The molecule has 1 aliphatic rings.